The molecule has 2 fully saturated rings. The van der Waals surface area contributed by atoms with E-state index in [1.807, 2.05) is 0 Å². The summed E-state index contributed by atoms with van der Waals surface area (Å²) in [4.78, 5) is 2.67. The number of fused-ring (bicyclic) bond motifs is 2. The van der Waals surface area contributed by atoms with Crippen LogP contribution in [-0.4, -0.2) is 24.5 Å². The van der Waals surface area contributed by atoms with Crippen molar-refractivity contribution in [2.75, 3.05) is 19.6 Å². The Hall–Kier alpha value is -0.0400. The fourth-order valence-corrected chi connectivity index (χ4v) is 3.00. The maximum atomic E-state index is 2.67. The van der Waals surface area contributed by atoms with E-state index in [2.05, 4.69) is 18.7 Å². The first-order valence-corrected chi connectivity index (χ1v) is 5.48. The Labute approximate surface area is 76.1 Å². The minimum Gasteiger partial charge on any atom is -0.303 e. The monoisotopic (exact) mass is 167 g/mol. The molecule has 2 aliphatic heterocycles. The lowest BCUT2D eigenvalue weighted by atomic mass is 9.85. The molecule has 0 amide bonds. The van der Waals surface area contributed by atoms with Gasteiger partial charge >= 0.3 is 0 Å². The molecule has 2 bridgehead atoms. The summed E-state index contributed by atoms with van der Waals surface area (Å²) in [5.41, 5.74) is 0. The van der Waals surface area contributed by atoms with Crippen molar-refractivity contribution in [1.82, 2.24) is 4.90 Å². The van der Waals surface area contributed by atoms with Crippen LogP contribution >= 0.6 is 0 Å². The van der Waals surface area contributed by atoms with Crippen molar-refractivity contribution in [3.8, 4) is 0 Å². The summed E-state index contributed by atoms with van der Waals surface area (Å²) in [5, 5.41) is 0. The van der Waals surface area contributed by atoms with Gasteiger partial charge in [-0.25, -0.2) is 0 Å². The van der Waals surface area contributed by atoms with Gasteiger partial charge < -0.3 is 4.90 Å². The third-order valence-electron chi connectivity index (χ3n) is 3.48. The molecular formula is C11H21N. The third-order valence-corrected chi connectivity index (χ3v) is 3.48. The maximum Gasteiger partial charge on any atom is 0.00130 e. The minimum atomic E-state index is 0.899. The number of hydrogen-bond donors (Lipinski definition) is 0. The van der Waals surface area contributed by atoms with Crippen LogP contribution in [0.4, 0.5) is 0 Å². The highest BCUT2D eigenvalue weighted by molar-refractivity contribution is 4.87. The van der Waals surface area contributed by atoms with Gasteiger partial charge in [-0.05, 0) is 43.6 Å². The van der Waals surface area contributed by atoms with E-state index < -0.39 is 0 Å². The summed E-state index contributed by atoms with van der Waals surface area (Å²) in [7, 11) is 0. The Kier molecular flexibility index (Phi) is 2.40. The van der Waals surface area contributed by atoms with Crippen LogP contribution in [0.15, 0.2) is 0 Å². The summed E-state index contributed by atoms with van der Waals surface area (Å²) in [6.45, 7) is 8.92. The predicted octanol–water partition coefficient (Wildman–Crippen LogP) is 2.37. The second-order valence-electron chi connectivity index (χ2n) is 5.05. The van der Waals surface area contributed by atoms with Gasteiger partial charge in [0.2, 0.25) is 0 Å². The Balaban J connectivity index is 1.91. The summed E-state index contributed by atoms with van der Waals surface area (Å²) in [6, 6.07) is 0. The second kappa shape index (κ2) is 3.37. The van der Waals surface area contributed by atoms with Crippen LogP contribution in [0, 0.1) is 17.8 Å². The average molecular weight is 167 g/mol. The molecule has 2 heterocycles. The molecule has 12 heavy (non-hydrogen) atoms. The maximum absolute atomic E-state index is 2.67. The lowest BCUT2D eigenvalue weighted by molar-refractivity contribution is 0.266. The largest absolute Gasteiger partial charge is 0.303 e. The molecule has 3 atom stereocenters. The Morgan fingerprint density at radius 2 is 2.17 bits per heavy atom. The van der Waals surface area contributed by atoms with E-state index in [4.69, 9.17) is 0 Å². The predicted molar refractivity (Wildman–Crippen MR) is 52.1 cm³/mol. The van der Waals surface area contributed by atoms with Crippen LogP contribution in [0.5, 0.6) is 0 Å². The zero-order valence-electron chi connectivity index (χ0n) is 8.42. The molecule has 2 aliphatic rings. The first-order valence-electron chi connectivity index (χ1n) is 5.48. The molecule has 2 saturated heterocycles. The van der Waals surface area contributed by atoms with Crippen molar-refractivity contribution >= 4 is 0 Å². The molecule has 0 aromatic heterocycles. The van der Waals surface area contributed by atoms with Crippen molar-refractivity contribution in [3.05, 3.63) is 0 Å². The second-order valence-corrected chi connectivity index (χ2v) is 5.05. The van der Waals surface area contributed by atoms with Gasteiger partial charge in [-0.15, -0.1) is 0 Å². The average Bonchev–Trinajstić information content (AvgIpc) is 2.26. The highest BCUT2D eigenvalue weighted by atomic mass is 15.2. The highest BCUT2D eigenvalue weighted by Crippen LogP contribution is 2.35. The zero-order valence-corrected chi connectivity index (χ0v) is 8.42. The van der Waals surface area contributed by atoms with E-state index in [9.17, 15) is 0 Å². The quantitative estimate of drug-likeness (QED) is 0.610. The first kappa shape index (κ1) is 8.55. The standard InChI is InChI=1S/C11H21N/c1-9(2)6-11-8-12-5-3-4-10(11)7-12/h9-11H,3-8H2,1-2H3/t10-,11?/m1/s1. The molecule has 1 heteroatoms. The topological polar surface area (TPSA) is 3.24 Å². The van der Waals surface area contributed by atoms with Crippen LogP contribution in [0.3, 0.4) is 0 Å². The van der Waals surface area contributed by atoms with Crippen molar-refractivity contribution in [2.45, 2.75) is 33.1 Å². The van der Waals surface area contributed by atoms with Crippen LogP contribution in [-0.2, 0) is 0 Å². The summed E-state index contributed by atoms with van der Waals surface area (Å²) in [6.07, 6.45) is 4.42. The van der Waals surface area contributed by atoms with Crippen molar-refractivity contribution in [3.63, 3.8) is 0 Å². The van der Waals surface area contributed by atoms with Crippen LogP contribution in [0.2, 0.25) is 0 Å². The van der Waals surface area contributed by atoms with Crippen molar-refractivity contribution in [1.29, 1.82) is 0 Å². The Morgan fingerprint density at radius 3 is 2.83 bits per heavy atom. The molecule has 70 valence electrons. The minimum absolute atomic E-state index is 0.899. The summed E-state index contributed by atoms with van der Waals surface area (Å²) in [5.74, 6) is 2.99. The summed E-state index contributed by atoms with van der Waals surface area (Å²) < 4.78 is 0. The van der Waals surface area contributed by atoms with E-state index in [1.165, 1.54) is 38.9 Å². The lowest BCUT2D eigenvalue weighted by Crippen LogP contribution is -2.25. The van der Waals surface area contributed by atoms with Gasteiger partial charge in [0.1, 0.15) is 0 Å². The molecule has 1 nitrogen and oxygen atoms in total. The van der Waals surface area contributed by atoms with Gasteiger partial charge in [0.05, 0.1) is 0 Å². The number of nitrogens with zero attached hydrogens (tertiary/aromatic N) is 1. The Bertz CT molecular complexity index is 151. The van der Waals surface area contributed by atoms with Crippen molar-refractivity contribution < 1.29 is 0 Å². The molecule has 0 aromatic carbocycles. The van der Waals surface area contributed by atoms with Gasteiger partial charge in [0.15, 0.2) is 0 Å². The highest BCUT2D eigenvalue weighted by Gasteiger charge is 2.35. The van der Waals surface area contributed by atoms with Gasteiger partial charge in [-0.3, -0.25) is 0 Å². The third kappa shape index (κ3) is 1.66. The molecule has 2 rings (SSSR count). The van der Waals surface area contributed by atoms with E-state index in [0.717, 1.165) is 17.8 Å². The summed E-state index contributed by atoms with van der Waals surface area (Å²) >= 11 is 0. The number of piperidine rings is 1. The van der Waals surface area contributed by atoms with Gasteiger partial charge in [-0.2, -0.15) is 0 Å². The molecule has 0 saturated carbocycles. The molecule has 2 unspecified atom stereocenters. The van der Waals surface area contributed by atoms with E-state index in [-0.39, 0.29) is 0 Å². The molecule has 0 aromatic rings. The van der Waals surface area contributed by atoms with E-state index in [0.29, 0.717) is 0 Å². The fraction of sp³-hybridized carbons (Fsp3) is 1.00. The number of rotatable bonds is 2. The van der Waals surface area contributed by atoms with E-state index in [1.54, 1.807) is 0 Å². The first-order chi connectivity index (χ1) is 5.75. The molecular weight excluding hydrogens is 146 g/mol. The number of hydrogen-bond acceptors (Lipinski definition) is 1. The normalized spacial score (nSPS) is 40.8. The van der Waals surface area contributed by atoms with E-state index >= 15 is 0 Å². The van der Waals surface area contributed by atoms with Gasteiger partial charge in [0.25, 0.3) is 0 Å². The van der Waals surface area contributed by atoms with Gasteiger partial charge in [0, 0.05) is 13.1 Å². The molecule has 0 aliphatic carbocycles. The van der Waals surface area contributed by atoms with Crippen LogP contribution in [0.25, 0.3) is 0 Å². The lowest BCUT2D eigenvalue weighted by Gasteiger charge is -2.22. The van der Waals surface area contributed by atoms with Crippen molar-refractivity contribution in [2.24, 2.45) is 17.8 Å². The van der Waals surface area contributed by atoms with Crippen LogP contribution in [0.1, 0.15) is 33.1 Å². The molecule has 0 spiro atoms. The molecule has 0 N–H and O–H groups in total. The zero-order chi connectivity index (χ0) is 8.55. The van der Waals surface area contributed by atoms with Crippen LogP contribution < -0.4 is 0 Å². The molecule has 0 radical (unpaired) electrons. The Morgan fingerprint density at radius 1 is 1.33 bits per heavy atom. The SMILES string of the molecule is CC(C)CC1CN2CCC[C@@H]1C2. The smallest absolute Gasteiger partial charge is 0.00130 e. The fourth-order valence-electron chi connectivity index (χ4n) is 3.00. The van der Waals surface area contributed by atoms with Gasteiger partial charge in [-0.1, -0.05) is 13.8 Å².